The highest BCUT2D eigenvalue weighted by atomic mass is 16.2. The molecule has 0 spiro atoms. The van der Waals surface area contributed by atoms with Crippen LogP contribution < -0.4 is 10.6 Å². The first-order chi connectivity index (χ1) is 13.5. The van der Waals surface area contributed by atoms with Crippen LogP contribution in [0.3, 0.4) is 0 Å². The van der Waals surface area contributed by atoms with Gasteiger partial charge in [-0.25, -0.2) is 4.68 Å². The highest BCUT2D eigenvalue weighted by Crippen LogP contribution is 2.16. The summed E-state index contributed by atoms with van der Waals surface area (Å²) in [6.45, 7) is 4.65. The number of aromatic nitrogens is 2. The number of hydrogen-bond donors (Lipinski definition) is 2. The van der Waals surface area contributed by atoms with E-state index in [2.05, 4.69) is 15.7 Å². The Hall–Kier alpha value is -3.41. The number of carbonyl (C=O) groups is 2. The zero-order valence-corrected chi connectivity index (χ0v) is 16.1. The number of benzene rings is 2. The van der Waals surface area contributed by atoms with Crippen molar-refractivity contribution in [1.29, 1.82) is 0 Å². The maximum absolute atomic E-state index is 12.5. The standard InChI is InChI=1S/C22H24N4O2/c1-16(2)13-23-22(28)19-10-6-7-11-20(19)25-21(27)12-17-14-24-26(15-17)18-8-4-3-5-9-18/h3-11,14-16H,12-13H2,1-2H3,(H,23,28)(H,25,27). The van der Waals surface area contributed by atoms with Gasteiger partial charge in [0.15, 0.2) is 0 Å². The molecule has 6 nitrogen and oxygen atoms in total. The van der Waals surface area contributed by atoms with Crippen molar-refractivity contribution >= 4 is 17.5 Å². The predicted molar refractivity (Wildman–Crippen MR) is 110 cm³/mol. The number of nitrogens with one attached hydrogen (secondary N) is 2. The maximum Gasteiger partial charge on any atom is 0.253 e. The van der Waals surface area contributed by atoms with E-state index in [-0.39, 0.29) is 18.2 Å². The molecule has 144 valence electrons. The van der Waals surface area contributed by atoms with Crippen molar-refractivity contribution < 1.29 is 9.59 Å². The van der Waals surface area contributed by atoms with Gasteiger partial charge in [0.25, 0.3) is 5.91 Å². The maximum atomic E-state index is 12.5. The van der Waals surface area contributed by atoms with Gasteiger partial charge < -0.3 is 10.6 Å². The topological polar surface area (TPSA) is 76.0 Å². The minimum Gasteiger partial charge on any atom is -0.352 e. The second kappa shape index (κ2) is 8.99. The zero-order chi connectivity index (χ0) is 19.9. The van der Waals surface area contributed by atoms with Gasteiger partial charge in [0.05, 0.1) is 29.6 Å². The summed E-state index contributed by atoms with van der Waals surface area (Å²) in [6, 6.07) is 16.7. The van der Waals surface area contributed by atoms with Crippen molar-refractivity contribution in [2.45, 2.75) is 20.3 Å². The van der Waals surface area contributed by atoms with E-state index in [0.717, 1.165) is 11.3 Å². The number of amides is 2. The Morgan fingerprint density at radius 3 is 2.50 bits per heavy atom. The molecule has 28 heavy (non-hydrogen) atoms. The second-order valence-corrected chi connectivity index (χ2v) is 7.00. The first-order valence-electron chi connectivity index (χ1n) is 9.29. The van der Waals surface area contributed by atoms with Crippen LogP contribution in [0.2, 0.25) is 0 Å². The lowest BCUT2D eigenvalue weighted by atomic mass is 10.1. The first-order valence-corrected chi connectivity index (χ1v) is 9.29. The Bertz CT molecular complexity index is 948. The first kappa shape index (κ1) is 19.4. The summed E-state index contributed by atoms with van der Waals surface area (Å²) < 4.78 is 1.73. The van der Waals surface area contributed by atoms with Gasteiger partial charge in [-0.05, 0) is 35.7 Å². The van der Waals surface area contributed by atoms with Gasteiger partial charge >= 0.3 is 0 Å². The van der Waals surface area contributed by atoms with Crippen LogP contribution in [0.25, 0.3) is 5.69 Å². The van der Waals surface area contributed by atoms with Crippen molar-refractivity contribution in [3.63, 3.8) is 0 Å². The molecule has 0 radical (unpaired) electrons. The van der Waals surface area contributed by atoms with Crippen molar-refractivity contribution in [3.8, 4) is 5.69 Å². The number of anilines is 1. The molecule has 1 heterocycles. The molecular formula is C22H24N4O2. The number of rotatable bonds is 7. The molecule has 0 aliphatic heterocycles. The fourth-order valence-corrected chi connectivity index (χ4v) is 2.74. The highest BCUT2D eigenvalue weighted by Gasteiger charge is 2.14. The van der Waals surface area contributed by atoms with Gasteiger partial charge in [-0.2, -0.15) is 5.10 Å². The van der Waals surface area contributed by atoms with E-state index in [4.69, 9.17) is 0 Å². The molecule has 2 aromatic carbocycles. The molecule has 3 rings (SSSR count). The Morgan fingerprint density at radius 2 is 1.75 bits per heavy atom. The van der Waals surface area contributed by atoms with E-state index in [1.807, 2.05) is 50.4 Å². The van der Waals surface area contributed by atoms with E-state index >= 15 is 0 Å². The lowest BCUT2D eigenvalue weighted by molar-refractivity contribution is -0.115. The fourth-order valence-electron chi connectivity index (χ4n) is 2.74. The third-order valence-electron chi connectivity index (χ3n) is 4.14. The summed E-state index contributed by atoms with van der Waals surface area (Å²) in [5.41, 5.74) is 2.69. The number of nitrogens with zero attached hydrogens (tertiary/aromatic N) is 2. The van der Waals surface area contributed by atoms with Crippen LogP contribution in [0.15, 0.2) is 67.0 Å². The van der Waals surface area contributed by atoms with Crippen LogP contribution in [-0.4, -0.2) is 28.1 Å². The molecule has 0 aliphatic carbocycles. The zero-order valence-electron chi connectivity index (χ0n) is 16.1. The molecule has 0 bridgehead atoms. The SMILES string of the molecule is CC(C)CNC(=O)c1ccccc1NC(=O)Cc1cnn(-c2ccccc2)c1. The monoisotopic (exact) mass is 376 g/mol. The molecule has 0 saturated heterocycles. The fraction of sp³-hybridized carbons (Fsp3) is 0.227. The Morgan fingerprint density at radius 1 is 1.04 bits per heavy atom. The quantitative estimate of drug-likeness (QED) is 0.663. The molecule has 0 fully saturated rings. The van der Waals surface area contributed by atoms with E-state index in [9.17, 15) is 9.59 Å². The molecule has 2 N–H and O–H groups in total. The summed E-state index contributed by atoms with van der Waals surface area (Å²) in [4.78, 5) is 24.9. The Kier molecular flexibility index (Phi) is 6.22. The van der Waals surface area contributed by atoms with Crippen molar-refractivity contribution in [3.05, 3.63) is 78.1 Å². The largest absolute Gasteiger partial charge is 0.352 e. The summed E-state index contributed by atoms with van der Waals surface area (Å²) in [7, 11) is 0. The summed E-state index contributed by atoms with van der Waals surface area (Å²) in [5, 5.41) is 10.0. The van der Waals surface area contributed by atoms with Crippen molar-refractivity contribution in [2.24, 2.45) is 5.92 Å². The molecule has 0 aliphatic rings. The van der Waals surface area contributed by atoms with Crippen LogP contribution >= 0.6 is 0 Å². The molecule has 2 amide bonds. The third kappa shape index (κ3) is 5.07. The van der Waals surface area contributed by atoms with E-state index in [1.54, 1.807) is 35.1 Å². The van der Waals surface area contributed by atoms with Crippen molar-refractivity contribution in [1.82, 2.24) is 15.1 Å². The Balaban J connectivity index is 1.66. The van der Waals surface area contributed by atoms with Gasteiger partial charge in [-0.3, -0.25) is 9.59 Å². The average molecular weight is 376 g/mol. The Labute approximate surface area is 164 Å². The number of para-hydroxylation sites is 2. The van der Waals surface area contributed by atoms with Crippen LogP contribution in [0.1, 0.15) is 29.8 Å². The van der Waals surface area contributed by atoms with E-state index in [0.29, 0.717) is 23.7 Å². The van der Waals surface area contributed by atoms with Gasteiger partial charge in [0, 0.05) is 12.7 Å². The molecule has 0 saturated carbocycles. The normalized spacial score (nSPS) is 10.7. The van der Waals surface area contributed by atoms with Gasteiger partial charge in [0.1, 0.15) is 0 Å². The van der Waals surface area contributed by atoms with Gasteiger partial charge in [-0.1, -0.05) is 44.2 Å². The molecule has 1 aromatic heterocycles. The summed E-state index contributed by atoms with van der Waals surface area (Å²) in [5.74, 6) is -0.0370. The number of hydrogen-bond acceptors (Lipinski definition) is 3. The van der Waals surface area contributed by atoms with Crippen LogP contribution in [0.4, 0.5) is 5.69 Å². The lowest BCUT2D eigenvalue weighted by Gasteiger charge is -2.12. The van der Waals surface area contributed by atoms with Gasteiger partial charge in [-0.15, -0.1) is 0 Å². The number of carbonyl (C=O) groups excluding carboxylic acids is 2. The molecule has 0 unspecified atom stereocenters. The minimum absolute atomic E-state index is 0.175. The second-order valence-electron chi connectivity index (χ2n) is 7.00. The molecule has 6 heteroatoms. The third-order valence-corrected chi connectivity index (χ3v) is 4.14. The average Bonchev–Trinajstić information content (AvgIpc) is 3.15. The summed E-state index contributed by atoms with van der Waals surface area (Å²) >= 11 is 0. The molecule has 3 aromatic rings. The smallest absolute Gasteiger partial charge is 0.253 e. The van der Waals surface area contributed by atoms with Gasteiger partial charge in [0.2, 0.25) is 5.91 Å². The molecular weight excluding hydrogens is 352 g/mol. The predicted octanol–water partition coefficient (Wildman–Crippen LogP) is 3.44. The summed E-state index contributed by atoms with van der Waals surface area (Å²) in [6.07, 6.45) is 3.68. The van der Waals surface area contributed by atoms with Crippen LogP contribution in [0, 0.1) is 5.92 Å². The van der Waals surface area contributed by atoms with Crippen molar-refractivity contribution in [2.75, 3.05) is 11.9 Å². The van der Waals surface area contributed by atoms with E-state index in [1.165, 1.54) is 0 Å². The van der Waals surface area contributed by atoms with Crippen LogP contribution in [-0.2, 0) is 11.2 Å². The van der Waals surface area contributed by atoms with E-state index < -0.39 is 0 Å². The highest BCUT2D eigenvalue weighted by molar-refractivity contribution is 6.04. The van der Waals surface area contributed by atoms with Crippen LogP contribution in [0.5, 0.6) is 0 Å². The lowest BCUT2D eigenvalue weighted by Crippen LogP contribution is -2.28. The minimum atomic E-state index is -0.197. The molecule has 0 atom stereocenters.